The van der Waals surface area contributed by atoms with Crippen molar-refractivity contribution >= 4 is 0 Å². The number of rotatable bonds is 6. The third kappa shape index (κ3) is 3.10. The summed E-state index contributed by atoms with van der Waals surface area (Å²) in [5.74, 6) is -3.80. The quantitative estimate of drug-likeness (QED) is 0.828. The molecule has 2 rings (SSSR count). The van der Waals surface area contributed by atoms with E-state index in [9.17, 15) is 13.2 Å². The van der Waals surface area contributed by atoms with Crippen molar-refractivity contribution in [3.05, 3.63) is 53.1 Å². The summed E-state index contributed by atoms with van der Waals surface area (Å²) in [7, 11) is 0. The molecule has 2 aromatic rings. The summed E-state index contributed by atoms with van der Waals surface area (Å²) in [6.07, 6.45) is 2.49. The Bertz CT molecular complexity index is 610. The van der Waals surface area contributed by atoms with Crippen LogP contribution in [0.15, 0.2) is 24.4 Å². The second-order valence-electron chi connectivity index (χ2n) is 4.73. The predicted octanol–water partition coefficient (Wildman–Crippen LogP) is 3.41. The Morgan fingerprint density at radius 2 is 1.90 bits per heavy atom. The zero-order valence-electron chi connectivity index (χ0n) is 12.0. The summed E-state index contributed by atoms with van der Waals surface area (Å²) in [4.78, 5) is 0. The van der Waals surface area contributed by atoms with Crippen molar-refractivity contribution in [2.45, 2.75) is 32.9 Å². The fourth-order valence-electron chi connectivity index (χ4n) is 2.33. The van der Waals surface area contributed by atoms with Crippen LogP contribution < -0.4 is 5.32 Å². The van der Waals surface area contributed by atoms with Crippen LogP contribution in [0.1, 0.15) is 37.6 Å². The number of aromatic nitrogens is 2. The molecule has 0 aliphatic rings. The predicted molar refractivity (Wildman–Crippen MR) is 74.4 cm³/mol. The lowest BCUT2D eigenvalue weighted by Gasteiger charge is -2.20. The Morgan fingerprint density at radius 3 is 2.57 bits per heavy atom. The molecule has 0 amide bonds. The van der Waals surface area contributed by atoms with E-state index in [1.54, 1.807) is 16.9 Å². The maximum atomic E-state index is 14.1. The van der Waals surface area contributed by atoms with E-state index in [-0.39, 0.29) is 5.56 Å². The standard InChI is InChI=1S/C15H18F3N3/c1-3-9-21-12(7-8-20-21)15(19-4-2)10-5-6-11(16)14(18)13(10)17/h5-8,15,19H,3-4,9H2,1-2H3. The van der Waals surface area contributed by atoms with E-state index in [1.807, 2.05) is 13.8 Å². The monoisotopic (exact) mass is 297 g/mol. The molecule has 0 saturated heterocycles. The van der Waals surface area contributed by atoms with Crippen LogP contribution in [-0.4, -0.2) is 16.3 Å². The van der Waals surface area contributed by atoms with E-state index < -0.39 is 23.5 Å². The van der Waals surface area contributed by atoms with Gasteiger partial charge in [0.25, 0.3) is 0 Å². The molecule has 0 bridgehead atoms. The van der Waals surface area contributed by atoms with Gasteiger partial charge in [-0.1, -0.05) is 19.9 Å². The number of hydrogen-bond acceptors (Lipinski definition) is 2. The van der Waals surface area contributed by atoms with E-state index in [4.69, 9.17) is 0 Å². The van der Waals surface area contributed by atoms with Crippen LogP contribution in [0.3, 0.4) is 0 Å². The molecule has 0 aliphatic carbocycles. The van der Waals surface area contributed by atoms with Gasteiger partial charge < -0.3 is 5.32 Å². The molecule has 3 nitrogen and oxygen atoms in total. The Morgan fingerprint density at radius 1 is 1.14 bits per heavy atom. The van der Waals surface area contributed by atoms with Crippen molar-refractivity contribution in [2.24, 2.45) is 0 Å². The van der Waals surface area contributed by atoms with Gasteiger partial charge in [-0.15, -0.1) is 0 Å². The maximum absolute atomic E-state index is 14.1. The smallest absolute Gasteiger partial charge is 0.194 e. The Hall–Kier alpha value is -1.82. The van der Waals surface area contributed by atoms with E-state index in [2.05, 4.69) is 10.4 Å². The average Bonchev–Trinajstić information content (AvgIpc) is 2.92. The van der Waals surface area contributed by atoms with Gasteiger partial charge in [-0.25, -0.2) is 13.2 Å². The summed E-state index contributed by atoms with van der Waals surface area (Å²) < 4.78 is 42.4. The Balaban J connectivity index is 2.48. The first-order valence-electron chi connectivity index (χ1n) is 6.98. The fraction of sp³-hybridized carbons (Fsp3) is 0.400. The molecular formula is C15H18F3N3. The van der Waals surface area contributed by atoms with Crippen molar-refractivity contribution in [2.75, 3.05) is 6.54 Å². The van der Waals surface area contributed by atoms with Gasteiger partial charge >= 0.3 is 0 Å². The van der Waals surface area contributed by atoms with Gasteiger partial charge in [0, 0.05) is 18.3 Å². The molecule has 0 radical (unpaired) electrons. The summed E-state index contributed by atoms with van der Waals surface area (Å²) in [6.45, 7) is 5.10. The van der Waals surface area contributed by atoms with Crippen molar-refractivity contribution in [1.29, 1.82) is 0 Å². The highest BCUT2D eigenvalue weighted by Gasteiger charge is 2.24. The number of hydrogen-bond donors (Lipinski definition) is 1. The number of nitrogens with one attached hydrogen (secondary N) is 1. The van der Waals surface area contributed by atoms with Crippen LogP contribution in [0.4, 0.5) is 13.2 Å². The van der Waals surface area contributed by atoms with Crippen LogP contribution in [0.2, 0.25) is 0 Å². The number of aryl methyl sites for hydroxylation is 1. The first-order chi connectivity index (χ1) is 10.1. The zero-order chi connectivity index (χ0) is 15.4. The third-order valence-electron chi connectivity index (χ3n) is 3.26. The van der Waals surface area contributed by atoms with Crippen LogP contribution in [-0.2, 0) is 6.54 Å². The summed E-state index contributed by atoms with van der Waals surface area (Å²) in [5, 5.41) is 7.29. The normalized spacial score (nSPS) is 12.6. The lowest BCUT2D eigenvalue weighted by atomic mass is 10.0. The second-order valence-corrected chi connectivity index (χ2v) is 4.73. The molecule has 21 heavy (non-hydrogen) atoms. The average molecular weight is 297 g/mol. The molecule has 1 aromatic heterocycles. The van der Waals surface area contributed by atoms with Gasteiger partial charge in [0.2, 0.25) is 0 Å². The SMILES string of the molecule is CCCn1nccc1C(NCC)c1ccc(F)c(F)c1F. The minimum absolute atomic E-state index is 0.0774. The molecule has 0 aliphatic heterocycles. The molecule has 1 heterocycles. The van der Waals surface area contributed by atoms with Crippen LogP contribution in [0, 0.1) is 17.5 Å². The molecular weight excluding hydrogens is 279 g/mol. The largest absolute Gasteiger partial charge is 0.305 e. The third-order valence-corrected chi connectivity index (χ3v) is 3.26. The molecule has 1 unspecified atom stereocenters. The van der Waals surface area contributed by atoms with Crippen molar-refractivity contribution < 1.29 is 13.2 Å². The number of nitrogens with zero attached hydrogens (tertiary/aromatic N) is 2. The minimum Gasteiger partial charge on any atom is -0.305 e. The first-order valence-corrected chi connectivity index (χ1v) is 6.98. The van der Waals surface area contributed by atoms with Crippen molar-refractivity contribution in [3.63, 3.8) is 0 Å². The Labute approximate surface area is 121 Å². The van der Waals surface area contributed by atoms with Gasteiger partial charge in [-0.2, -0.15) is 5.10 Å². The molecule has 1 atom stereocenters. The summed E-state index contributed by atoms with van der Waals surface area (Å²) in [5.41, 5.74) is 0.803. The van der Waals surface area contributed by atoms with Gasteiger partial charge in [-0.05, 0) is 25.1 Å². The maximum Gasteiger partial charge on any atom is 0.194 e. The van der Waals surface area contributed by atoms with Gasteiger partial charge in [0.05, 0.1) is 11.7 Å². The molecule has 0 fully saturated rings. The summed E-state index contributed by atoms with van der Waals surface area (Å²) >= 11 is 0. The van der Waals surface area contributed by atoms with E-state index in [1.165, 1.54) is 6.07 Å². The number of benzene rings is 1. The minimum atomic E-state index is -1.45. The van der Waals surface area contributed by atoms with E-state index >= 15 is 0 Å². The van der Waals surface area contributed by atoms with Gasteiger partial charge in [0.1, 0.15) is 0 Å². The molecule has 0 saturated carbocycles. The van der Waals surface area contributed by atoms with Crippen molar-refractivity contribution in [1.82, 2.24) is 15.1 Å². The van der Waals surface area contributed by atoms with Gasteiger partial charge in [-0.3, -0.25) is 4.68 Å². The molecule has 114 valence electrons. The highest BCUT2D eigenvalue weighted by molar-refractivity contribution is 5.30. The van der Waals surface area contributed by atoms with E-state index in [0.29, 0.717) is 13.1 Å². The molecule has 1 N–H and O–H groups in total. The van der Waals surface area contributed by atoms with Crippen LogP contribution >= 0.6 is 0 Å². The fourth-order valence-corrected chi connectivity index (χ4v) is 2.33. The zero-order valence-corrected chi connectivity index (χ0v) is 12.0. The molecule has 0 spiro atoms. The van der Waals surface area contributed by atoms with Crippen molar-refractivity contribution in [3.8, 4) is 0 Å². The van der Waals surface area contributed by atoms with Gasteiger partial charge in [0.15, 0.2) is 17.5 Å². The highest BCUT2D eigenvalue weighted by Crippen LogP contribution is 2.27. The lowest BCUT2D eigenvalue weighted by Crippen LogP contribution is -2.26. The lowest BCUT2D eigenvalue weighted by molar-refractivity contribution is 0.428. The van der Waals surface area contributed by atoms with Crippen LogP contribution in [0.25, 0.3) is 0 Å². The van der Waals surface area contributed by atoms with Crippen LogP contribution in [0.5, 0.6) is 0 Å². The second kappa shape index (κ2) is 6.76. The highest BCUT2D eigenvalue weighted by atomic mass is 19.2. The summed E-state index contributed by atoms with van der Waals surface area (Å²) in [6, 6.07) is 3.39. The van der Waals surface area contributed by atoms with E-state index in [0.717, 1.165) is 18.2 Å². The number of halogens is 3. The topological polar surface area (TPSA) is 29.9 Å². The molecule has 1 aromatic carbocycles. The molecule has 6 heteroatoms. The first kappa shape index (κ1) is 15.6. The Kier molecular flexibility index (Phi) is 5.01.